The number of amides is 1. The van der Waals surface area contributed by atoms with Crippen molar-refractivity contribution in [2.75, 3.05) is 10.6 Å². The minimum atomic E-state index is -1.21. The lowest BCUT2D eigenvalue weighted by molar-refractivity contribution is 0.209. The van der Waals surface area contributed by atoms with Crippen molar-refractivity contribution in [2.45, 2.75) is 6.92 Å². The van der Waals surface area contributed by atoms with E-state index in [1.807, 2.05) is 0 Å². The molecule has 132 valence electrons. The number of carbonyl (C=O) groups is 1. The summed E-state index contributed by atoms with van der Waals surface area (Å²) in [5, 5.41) is 22.5. The van der Waals surface area contributed by atoms with Gasteiger partial charge < -0.3 is 10.4 Å². The molecule has 0 aliphatic rings. The third-order valence-electron chi connectivity index (χ3n) is 3.46. The Bertz CT molecular complexity index is 983. The number of aryl methyl sites for hydroxylation is 1. The fourth-order valence-corrected chi connectivity index (χ4v) is 2.42. The molecule has 1 amide bonds. The highest BCUT2D eigenvalue weighted by molar-refractivity contribution is 6.30. The summed E-state index contributed by atoms with van der Waals surface area (Å²) in [7, 11) is 0. The highest BCUT2D eigenvalue weighted by Crippen LogP contribution is 2.28. The van der Waals surface area contributed by atoms with E-state index in [0.29, 0.717) is 27.8 Å². The first-order valence-electron chi connectivity index (χ1n) is 7.45. The van der Waals surface area contributed by atoms with Crippen LogP contribution in [-0.4, -0.2) is 26.4 Å². The number of carboxylic acid groups (broad SMARTS) is 1. The number of halogens is 2. The van der Waals surface area contributed by atoms with Crippen LogP contribution in [0.15, 0.2) is 42.6 Å². The van der Waals surface area contributed by atoms with Gasteiger partial charge >= 0.3 is 6.09 Å². The number of anilines is 3. The fourth-order valence-electron chi connectivity index (χ4n) is 2.25. The van der Waals surface area contributed by atoms with Gasteiger partial charge in [-0.05, 0) is 37.3 Å². The third kappa shape index (κ3) is 4.04. The van der Waals surface area contributed by atoms with Gasteiger partial charge in [0, 0.05) is 28.5 Å². The van der Waals surface area contributed by atoms with Crippen molar-refractivity contribution in [3.05, 3.63) is 59.1 Å². The molecule has 0 unspecified atom stereocenters. The van der Waals surface area contributed by atoms with Crippen molar-refractivity contribution >= 4 is 34.9 Å². The van der Waals surface area contributed by atoms with Crippen molar-refractivity contribution < 1.29 is 14.3 Å². The molecule has 0 atom stereocenters. The molecule has 0 bridgehead atoms. The molecule has 3 N–H and O–H groups in total. The molecule has 0 spiro atoms. The van der Waals surface area contributed by atoms with Gasteiger partial charge in [0.25, 0.3) is 0 Å². The second-order valence-electron chi connectivity index (χ2n) is 5.34. The Hall–Kier alpha value is -3.26. The molecule has 0 aliphatic heterocycles. The van der Waals surface area contributed by atoms with Crippen LogP contribution >= 0.6 is 11.6 Å². The first-order valence-corrected chi connectivity index (χ1v) is 7.83. The molecule has 0 aliphatic carbocycles. The zero-order valence-electron chi connectivity index (χ0n) is 13.5. The number of rotatable bonds is 4. The molecule has 2 heterocycles. The monoisotopic (exact) mass is 373 g/mol. The molecule has 9 heteroatoms. The van der Waals surface area contributed by atoms with Gasteiger partial charge in [-0.1, -0.05) is 11.6 Å². The number of nitrogens with one attached hydrogen (secondary N) is 2. The lowest BCUT2D eigenvalue weighted by atomic mass is 10.1. The summed E-state index contributed by atoms with van der Waals surface area (Å²) in [5.41, 5.74) is 2.30. The Balaban J connectivity index is 1.94. The number of pyridine rings is 1. The lowest BCUT2D eigenvalue weighted by Crippen LogP contribution is -2.09. The standard InChI is InChI=1S/C17H13ClFN5O2/c1-9-14(21-11-4-5-20-16(7-11)22-17(25)26)8-15(24-23-9)12-6-10(18)2-3-13(12)19/h2-8H,1H3,(H,25,26)(H2,20,21,22,24). The van der Waals surface area contributed by atoms with Crippen molar-refractivity contribution in [3.63, 3.8) is 0 Å². The number of benzene rings is 1. The molecule has 0 fully saturated rings. The lowest BCUT2D eigenvalue weighted by Gasteiger charge is -2.11. The zero-order chi connectivity index (χ0) is 18.7. The van der Waals surface area contributed by atoms with Crippen LogP contribution in [0.3, 0.4) is 0 Å². The summed E-state index contributed by atoms with van der Waals surface area (Å²) in [6.45, 7) is 1.74. The van der Waals surface area contributed by atoms with Gasteiger partial charge in [0.15, 0.2) is 0 Å². The van der Waals surface area contributed by atoms with Crippen LogP contribution in [0.5, 0.6) is 0 Å². The van der Waals surface area contributed by atoms with E-state index < -0.39 is 11.9 Å². The predicted molar refractivity (Wildman–Crippen MR) is 96.3 cm³/mol. The van der Waals surface area contributed by atoms with E-state index in [0.717, 1.165) is 0 Å². The molecule has 3 rings (SSSR count). The fraction of sp³-hybridized carbons (Fsp3) is 0.0588. The SMILES string of the molecule is Cc1nnc(-c2cc(Cl)ccc2F)cc1Nc1ccnc(NC(=O)O)c1. The third-order valence-corrected chi connectivity index (χ3v) is 3.69. The van der Waals surface area contributed by atoms with E-state index in [1.54, 1.807) is 19.1 Å². The Morgan fingerprint density at radius 2 is 2.00 bits per heavy atom. The summed E-state index contributed by atoms with van der Waals surface area (Å²) in [5.74, 6) is -0.293. The van der Waals surface area contributed by atoms with Crippen LogP contribution in [0.4, 0.5) is 26.4 Å². The van der Waals surface area contributed by atoms with Gasteiger partial charge in [0.2, 0.25) is 0 Å². The predicted octanol–water partition coefficient (Wildman–Crippen LogP) is 4.47. The molecule has 7 nitrogen and oxygen atoms in total. The molecular formula is C17H13ClFN5O2. The summed E-state index contributed by atoms with van der Waals surface area (Å²) >= 11 is 5.93. The molecule has 3 aromatic rings. The van der Waals surface area contributed by atoms with Crippen LogP contribution in [0, 0.1) is 12.7 Å². The van der Waals surface area contributed by atoms with Crippen LogP contribution in [0.1, 0.15) is 5.69 Å². The average molecular weight is 374 g/mol. The van der Waals surface area contributed by atoms with Gasteiger partial charge in [-0.2, -0.15) is 10.2 Å². The number of aromatic nitrogens is 3. The Morgan fingerprint density at radius 1 is 1.19 bits per heavy atom. The van der Waals surface area contributed by atoms with E-state index in [4.69, 9.17) is 16.7 Å². The zero-order valence-corrected chi connectivity index (χ0v) is 14.3. The van der Waals surface area contributed by atoms with Gasteiger partial charge in [0.1, 0.15) is 11.6 Å². The van der Waals surface area contributed by atoms with Gasteiger partial charge in [0.05, 0.1) is 17.1 Å². The van der Waals surface area contributed by atoms with E-state index in [1.165, 1.54) is 30.5 Å². The molecule has 1 aromatic carbocycles. The first kappa shape index (κ1) is 17.6. The number of nitrogens with zero attached hydrogens (tertiary/aromatic N) is 3. The Kier molecular flexibility index (Phi) is 4.94. The van der Waals surface area contributed by atoms with E-state index in [9.17, 15) is 9.18 Å². The maximum absolute atomic E-state index is 14.1. The van der Waals surface area contributed by atoms with Crippen LogP contribution in [-0.2, 0) is 0 Å². The van der Waals surface area contributed by atoms with E-state index >= 15 is 0 Å². The highest BCUT2D eigenvalue weighted by Gasteiger charge is 2.11. The van der Waals surface area contributed by atoms with Gasteiger partial charge in [-0.3, -0.25) is 5.32 Å². The molecule has 0 saturated carbocycles. The smallest absolute Gasteiger partial charge is 0.410 e. The van der Waals surface area contributed by atoms with Crippen molar-refractivity contribution in [3.8, 4) is 11.3 Å². The highest BCUT2D eigenvalue weighted by atomic mass is 35.5. The summed E-state index contributed by atoms with van der Waals surface area (Å²) in [6.07, 6.45) is 0.241. The molecule has 0 radical (unpaired) electrons. The Labute approximate surface area is 152 Å². The van der Waals surface area contributed by atoms with Gasteiger partial charge in [-0.15, -0.1) is 0 Å². The maximum Gasteiger partial charge on any atom is 0.410 e. The van der Waals surface area contributed by atoms with Crippen LogP contribution in [0.2, 0.25) is 5.02 Å². The molecule has 26 heavy (non-hydrogen) atoms. The Morgan fingerprint density at radius 3 is 2.77 bits per heavy atom. The number of hydrogen-bond acceptors (Lipinski definition) is 5. The second kappa shape index (κ2) is 7.32. The molecular weight excluding hydrogens is 361 g/mol. The molecule has 0 saturated heterocycles. The number of hydrogen-bond donors (Lipinski definition) is 3. The maximum atomic E-state index is 14.1. The van der Waals surface area contributed by atoms with Crippen molar-refractivity contribution in [1.29, 1.82) is 0 Å². The average Bonchev–Trinajstić information content (AvgIpc) is 2.59. The van der Waals surface area contributed by atoms with Crippen molar-refractivity contribution in [1.82, 2.24) is 15.2 Å². The topological polar surface area (TPSA) is 100 Å². The minimum Gasteiger partial charge on any atom is -0.465 e. The first-order chi connectivity index (χ1) is 12.4. The molecule has 2 aromatic heterocycles. The van der Waals surface area contributed by atoms with E-state index in [-0.39, 0.29) is 11.4 Å². The van der Waals surface area contributed by atoms with Crippen LogP contribution in [0.25, 0.3) is 11.3 Å². The van der Waals surface area contributed by atoms with E-state index in [2.05, 4.69) is 25.8 Å². The normalized spacial score (nSPS) is 10.4. The van der Waals surface area contributed by atoms with Crippen molar-refractivity contribution in [2.24, 2.45) is 0 Å². The second-order valence-corrected chi connectivity index (χ2v) is 5.77. The van der Waals surface area contributed by atoms with Crippen LogP contribution < -0.4 is 10.6 Å². The quantitative estimate of drug-likeness (QED) is 0.623. The summed E-state index contributed by atoms with van der Waals surface area (Å²) in [4.78, 5) is 14.6. The summed E-state index contributed by atoms with van der Waals surface area (Å²) < 4.78 is 14.1. The minimum absolute atomic E-state index is 0.170. The summed E-state index contributed by atoms with van der Waals surface area (Å²) in [6, 6.07) is 9.01. The largest absolute Gasteiger partial charge is 0.465 e. The van der Waals surface area contributed by atoms with Gasteiger partial charge in [-0.25, -0.2) is 14.2 Å².